The molecule has 26 heavy (non-hydrogen) atoms. The number of hydrogen-bond acceptors (Lipinski definition) is 5. The molecule has 1 heterocycles. The Kier molecular flexibility index (Phi) is 4.35. The lowest BCUT2D eigenvalue weighted by atomic mass is 10.1. The van der Waals surface area contributed by atoms with Crippen molar-refractivity contribution in [2.75, 3.05) is 24.0 Å². The molecule has 1 aliphatic carbocycles. The van der Waals surface area contributed by atoms with Gasteiger partial charge < -0.3 is 25.4 Å². The minimum absolute atomic E-state index is 0.0438. The van der Waals surface area contributed by atoms with Gasteiger partial charge in [0, 0.05) is 23.5 Å². The van der Waals surface area contributed by atoms with E-state index in [4.69, 9.17) is 9.47 Å². The van der Waals surface area contributed by atoms with Crippen molar-refractivity contribution in [2.45, 2.75) is 18.9 Å². The van der Waals surface area contributed by atoms with E-state index in [1.165, 1.54) is 0 Å². The van der Waals surface area contributed by atoms with Gasteiger partial charge in [0.25, 0.3) is 5.91 Å². The molecule has 7 heteroatoms. The average molecular weight is 353 g/mol. The zero-order valence-corrected chi connectivity index (χ0v) is 14.1. The van der Waals surface area contributed by atoms with Gasteiger partial charge in [-0.15, -0.1) is 0 Å². The van der Waals surface area contributed by atoms with E-state index in [1.807, 2.05) is 6.07 Å². The van der Waals surface area contributed by atoms with E-state index in [9.17, 15) is 9.59 Å². The summed E-state index contributed by atoms with van der Waals surface area (Å²) >= 11 is 0. The molecule has 2 aromatic rings. The number of ether oxygens (including phenoxy) is 2. The molecule has 4 rings (SSSR count). The topological polar surface area (TPSA) is 88.7 Å². The minimum atomic E-state index is -0.221. The predicted octanol–water partition coefficient (Wildman–Crippen LogP) is 2.36. The van der Waals surface area contributed by atoms with Gasteiger partial charge in [0.05, 0.1) is 12.1 Å². The lowest BCUT2D eigenvalue weighted by molar-refractivity contribution is -0.114. The number of fused-ring (bicyclic) bond motifs is 1. The lowest BCUT2D eigenvalue weighted by Crippen LogP contribution is -2.27. The van der Waals surface area contributed by atoms with E-state index >= 15 is 0 Å². The first-order valence-corrected chi connectivity index (χ1v) is 8.52. The second-order valence-corrected chi connectivity index (χ2v) is 6.26. The molecule has 7 nitrogen and oxygen atoms in total. The van der Waals surface area contributed by atoms with Crippen LogP contribution in [0.2, 0.25) is 0 Å². The highest BCUT2D eigenvalue weighted by Crippen LogP contribution is 2.34. The Bertz CT molecular complexity index is 848. The zero-order chi connectivity index (χ0) is 17.9. The van der Waals surface area contributed by atoms with Crippen molar-refractivity contribution in [3.05, 3.63) is 48.0 Å². The number of benzene rings is 2. The average Bonchev–Trinajstić information content (AvgIpc) is 3.33. The SMILES string of the molecule is O=C(CNc1ccccc1C(=O)NC1CC1)Nc1ccc2c(c1)OCO2. The monoisotopic (exact) mass is 353 g/mol. The molecule has 1 aliphatic heterocycles. The molecule has 1 saturated carbocycles. The standard InChI is InChI=1S/C19H19N3O4/c23-18(21-13-7-8-16-17(9-13)26-11-25-16)10-20-15-4-2-1-3-14(15)19(24)22-12-5-6-12/h1-4,7-9,12,20H,5-6,10-11H2,(H,21,23)(H,22,24). The molecule has 0 spiro atoms. The first-order valence-electron chi connectivity index (χ1n) is 8.52. The summed E-state index contributed by atoms with van der Waals surface area (Å²) in [6.45, 7) is 0.232. The van der Waals surface area contributed by atoms with Gasteiger partial charge in [-0.2, -0.15) is 0 Å². The van der Waals surface area contributed by atoms with Crippen molar-refractivity contribution in [3.63, 3.8) is 0 Å². The maximum absolute atomic E-state index is 12.3. The smallest absolute Gasteiger partial charge is 0.253 e. The van der Waals surface area contributed by atoms with Gasteiger partial charge >= 0.3 is 0 Å². The third-order valence-corrected chi connectivity index (χ3v) is 4.18. The summed E-state index contributed by atoms with van der Waals surface area (Å²) in [5.74, 6) is 0.933. The molecule has 2 amide bonds. The maximum Gasteiger partial charge on any atom is 0.253 e. The molecule has 0 unspecified atom stereocenters. The van der Waals surface area contributed by atoms with Crippen LogP contribution < -0.4 is 25.4 Å². The van der Waals surface area contributed by atoms with Gasteiger partial charge in [-0.25, -0.2) is 0 Å². The van der Waals surface area contributed by atoms with Crippen molar-refractivity contribution in [1.82, 2.24) is 5.32 Å². The Morgan fingerprint density at radius 3 is 2.69 bits per heavy atom. The number of hydrogen-bond donors (Lipinski definition) is 3. The Morgan fingerprint density at radius 2 is 1.85 bits per heavy atom. The van der Waals surface area contributed by atoms with E-state index < -0.39 is 0 Å². The van der Waals surface area contributed by atoms with Gasteiger partial charge in [0.15, 0.2) is 11.5 Å². The Balaban J connectivity index is 1.36. The van der Waals surface area contributed by atoms with Crippen molar-refractivity contribution in [2.24, 2.45) is 0 Å². The van der Waals surface area contributed by atoms with Gasteiger partial charge in [-0.3, -0.25) is 9.59 Å². The summed E-state index contributed by atoms with van der Waals surface area (Å²) in [4.78, 5) is 24.5. The summed E-state index contributed by atoms with van der Waals surface area (Å²) in [5.41, 5.74) is 1.79. The number of para-hydroxylation sites is 1. The van der Waals surface area contributed by atoms with E-state index in [2.05, 4.69) is 16.0 Å². The molecule has 2 aromatic carbocycles. The fourth-order valence-corrected chi connectivity index (χ4v) is 2.68. The first-order chi connectivity index (χ1) is 12.7. The molecule has 1 fully saturated rings. The molecule has 134 valence electrons. The van der Waals surface area contributed by atoms with Crippen LogP contribution in [-0.4, -0.2) is 31.2 Å². The second-order valence-electron chi connectivity index (χ2n) is 6.26. The predicted molar refractivity (Wildman–Crippen MR) is 96.6 cm³/mol. The maximum atomic E-state index is 12.3. The van der Waals surface area contributed by atoms with Crippen LogP contribution in [0.5, 0.6) is 11.5 Å². The van der Waals surface area contributed by atoms with Crippen molar-refractivity contribution in [1.29, 1.82) is 0 Å². The van der Waals surface area contributed by atoms with Gasteiger partial charge in [0.2, 0.25) is 12.7 Å². The third kappa shape index (κ3) is 3.72. The number of nitrogens with one attached hydrogen (secondary N) is 3. The summed E-state index contributed by atoms with van der Waals surface area (Å²) in [7, 11) is 0. The van der Waals surface area contributed by atoms with Gasteiger partial charge in [0.1, 0.15) is 0 Å². The summed E-state index contributed by atoms with van der Waals surface area (Å²) in [5, 5.41) is 8.78. The van der Waals surface area contributed by atoms with Crippen molar-refractivity contribution >= 4 is 23.2 Å². The van der Waals surface area contributed by atoms with Crippen LogP contribution in [0.15, 0.2) is 42.5 Å². The number of carbonyl (C=O) groups excluding carboxylic acids is 2. The summed E-state index contributed by atoms with van der Waals surface area (Å²) in [6.07, 6.45) is 2.05. The van der Waals surface area contributed by atoms with E-state index in [-0.39, 0.29) is 31.2 Å². The van der Waals surface area contributed by atoms with Crippen LogP contribution in [0.3, 0.4) is 0 Å². The largest absolute Gasteiger partial charge is 0.454 e. The molecular weight excluding hydrogens is 334 g/mol. The number of anilines is 2. The molecule has 2 aliphatic rings. The van der Waals surface area contributed by atoms with Gasteiger partial charge in [-0.1, -0.05) is 12.1 Å². The molecule has 0 bridgehead atoms. The van der Waals surface area contributed by atoms with Crippen LogP contribution in [0, 0.1) is 0 Å². The van der Waals surface area contributed by atoms with Crippen LogP contribution >= 0.6 is 0 Å². The molecule has 0 saturated heterocycles. The first kappa shape index (κ1) is 16.3. The second kappa shape index (κ2) is 6.95. The van der Waals surface area contributed by atoms with Crippen molar-refractivity contribution < 1.29 is 19.1 Å². The Hall–Kier alpha value is -3.22. The lowest BCUT2D eigenvalue weighted by Gasteiger charge is -2.12. The number of carbonyl (C=O) groups is 2. The van der Waals surface area contributed by atoms with Crippen molar-refractivity contribution in [3.8, 4) is 11.5 Å². The highest BCUT2D eigenvalue weighted by Gasteiger charge is 2.24. The minimum Gasteiger partial charge on any atom is -0.454 e. The normalized spacial score (nSPS) is 14.6. The molecular formula is C19H19N3O4. The number of amides is 2. The quantitative estimate of drug-likeness (QED) is 0.742. The molecule has 0 atom stereocenters. The highest BCUT2D eigenvalue weighted by molar-refractivity contribution is 6.01. The zero-order valence-electron chi connectivity index (χ0n) is 14.1. The Labute approximate surface area is 150 Å². The van der Waals surface area contributed by atoms with Crippen LogP contribution in [0.4, 0.5) is 11.4 Å². The fourth-order valence-electron chi connectivity index (χ4n) is 2.68. The highest BCUT2D eigenvalue weighted by atomic mass is 16.7. The fraction of sp³-hybridized carbons (Fsp3) is 0.263. The van der Waals surface area contributed by atoms with E-state index in [0.29, 0.717) is 28.4 Å². The Morgan fingerprint density at radius 1 is 1.04 bits per heavy atom. The summed E-state index contributed by atoms with van der Waals surface area (Å²) < 4.78 is 10.5. The number of rotatable bonds is 6. The van der Waals surface area contributed by atoms with E-state index in [0.717, 1.165) is 12.8 Å². The van der Waals surface area contributed by atoms with Crippen LogP contribution in [0.1, 0.15) is 23.2 Å². The summed E-state index contributed by atoms with van der Waals surface area (Å²) in [6, 6.07) is 12.7. The van der Waals surface area contributed by atoms with Crippen LogP contribution in [-0.2, 0) is 4.79 Å². The molecule has 3 N–H and O–H groups in total. The van der Waals surface area contributed by atoms with Crippen LogP contribution in [0.25, 0.3) is 0 Å². The molecule has 0 radical (unpaired) electrons. The third-order valence-electron chi connectivity index (χ3n) is 4.18. The van der Waals surface area contributed by atoms with Gasteiger partial charge in [-0.05, 0) is 37.1 Å². The molecule has 0 aromatic heterocycles. The van der Waals surface area contributed by atoms with E-state index in [1.54, 1.807) is 36.4 Å².